The van der Waals surface area contributed by atoms with Crippen molar-refractivity contribution in [3.8, 4) is 28.3 Å². The molecule has 0 unspecified atom stereocenters. The van der Waals surface area contributed by atoms with E-state index in [-0.39, 0.29) is 0 Å². The quantitative estimate of drug-likeness (QED) is 0.381. The van der Waals surface area contributed by atoms with E-state index >= 15 is 0 Å². The van der Waals surface area contributed by atoms with Gasteiger partial charge in [0.05, 0.1) is 18.1 Å². The third-order valence-corrected chi connectivity index (χ3v) is 7.17. The van der Waals surface area contributed by atoms with E-state index in [1.807, 2.05) is 18.2 Å². The van der Waals surface area contributed by atoms with E-state index in [9.17, 15) is 4.79 Å². The number of ether oxygens (including phenoxy) is 1. The van der Waals surface area contributed by atoms with E-state index in [1.54, 1.807) is 7.11 Å². The summed E-state index contributed by atoms with van der Waals surface area (Å²) in [5.41, 5.74) is 5.54. The lowest BCUT2D eigenvalue weighted by Crippen LogP contribution is -2.30. The summed E-state index contributed by atoms with van der Waals surface area (Å²) in [6.45, 7) is 2.58. The van der Waals surface area contributed by atoms with Crippen LogP contribution in [0.25, 0.3) is 33.5 Å². The van der Waals surface area contributed by atoms with Crippen molar-refractivity contribution in [2.45, 2.75) is 25.8 Å². The number of carbonyl (C=O) groups is 1. The maximum absolute atomic E-state index is 12.6. The zero-order chi connectivity index (χ0) is 23.1. The second kappa shape index (κ2) is 8.64. The van der Waals surface area contributed by atoms with Crippen LogP contribution < -0.4 is 4.74 Å². The topological polar surface area (TPSA) is 47.4 Å². The van der Waals surface area contributed by atoms with E-state index in [2.05, 4.69) is 64.1 Å². The molecule has 1 atom stereocenters. The van der Waals surface area contributed by atoms with Gasteiger partial charge in [0.2, 0.25) is 5.91 Å². The summed E-state index contributed by atoms with van der Waals surface area (Å²) in [5, 5.41) is 0. The predicted octanol–water partition coefficient (Wildman–Crippen LogP) is 5.64. The minimum Gasteiger partial charge on any atom is -0.497 e. The average molecular weight is 452 g/mol. The summed E-state index contributed by atoms with van der Waals surface area (Å²) in [6, 6.07) is 25.2. The number of likely N-dealkylation sites (tertiary alicyclic amines) is 1. The number of fused-ring (bicyclic) bond motifs is 1. The Morgan fingerprint density at radius 3 is 2.41 bits per heavy atom. The van der Waals surface area contributed by atoms with Crippen molar-refractivity contribution in [3.05, 3.63) is 72.8 Å². The Hall–Kier alpha value is -3.60. The highest BCUT2D eigenvalue weighted by Gasteiger charge is 2.36. The fourth-order valence-electron chi connectivity index (χ4n) is 5.11. The van der Waals surface area contributed by atoms with Crippen LogP contribution in [0.5, 0.6) is 5.75 Å². The monoisotopic (exact) mass is 451 g/mol. The third kappa shape index (κ3) is 3.96. The van der Waals surface area contributed by atoms with Crippen LogP contribution in [0.3, 0.4) is 0 Å². The number of amides is 1. The van der Waals surface area contributed by atoms with Gasteiger partial charge in [-0.3, -0.25) is 4.79 Å². The van der Waals surface area contributed by atoms with E-state index in [0.29, 0.717) is 17.7 Å². The van der Waals surface area contributed by atoms with Crippen molar-refractivity contribution in [1.29, 1.82) is 0 Å². The summed E-state index contributed by atoms with van der Waals surface area (Å²) < 4.78 is 7.79. The Labute approximate surface area is 200 Å². The van der Waals surface area contributed by atoms with Crippen molar-refractivity contribution in [3.63, 3.8) is 0 Å². The molecule has 3 aromatic carbocycles. The van der Waals surface area contributed by atoms with Crippen molar-refractivity contribution in [1.82, 2.24) is 14.5 Å². The average Bonchev–Trinajstić information content (AvgIpc) is 3.54. The Morgan fingerprint density at radius 2 is 1.68 bits per heavy atom. The Bertz CT molecular complexity index is 1320. The first-order valence-corrected chi connectivity index (χ1v) is 12.2. The molecule has 172 valence electrons. The van der Waals surface area contributed by atoms with Gasteiger partial charge in [-0.15, -0.1) is 0 Å². The minimum absolute atomic E-state index is 0.291. The molecule has 5 heteroatoms. The summed E-state index contributed by atoms with van der Waals surface area (Å²) in [5.74, 6) is 2.86. The van der Waals surface area contributed by atoms with E-state index in [4.69, 9.17) is 9.72 Å². The highest BCUT2D eigenvalue weighted by atomic mass is 16.5. The zero-order valence-electron chi connectivity index (χ0n) is 19.5. The first-order chi connectivity index (χ1) is 16.7. The van der Waals surface area contributed by atoms with E-state index < -0.39 is 0 Å². The minimum atomic E-state index is 0.291. The number of hydrogen-bond donors (Lipinski definition) is 0. The molecule has 1 saturated heterocycles. The molecule has 0 bridgehead atoms. The van der Waals surface area contributed by atoms with Gasteiger partial charge in [-0.2, -0.15) is 0 Å². The molecule has 1 aliphatic carbocycles. The molecule has 5 nitrogen and oxygen atoms in total. The number of imidazole rings is 1. The van der Waals surface area contributed by atoms with Gasteiger partial charge in [0.1, 0.15) is 11.6 Å². The van der Waals surface area contributed by atoms with Crippen molar-refractivity contribution in [2.75, 3.05) is 20.2 Å². The molecular formula is C29H29N3O2. The summed E-state index contributed by atoms with van der Waals surface area (Å²) >= 11 is 0. The third-order valence-electron chi connectivity index (χ3n) is 7.17. The lowest BCUT2D eigenvalue weighted by Gasteiger charge is -2.18. The Kier molecular flexibility index (Phi) is 5.33. The van der Waals surface area contributed by atoms with Gasteiger partial charge in [0.25, 0.3) is 0 Å². The molecule has 1 aromatic heterocycles. The molecule has 0 N–H and O–H groups in total. The van der Waals surface area contributed by atoms with E-state index in [0.717, 1.165) is 67.1 Å². The number of nitrogens with zero attached hydrogens (tertiary/aromatic N) is 3. The molecule has 4 aromatic rings. The lowest BCUT2D eigenvalue weighted by molar-refractivity contribution is -0.131. The molecule has 34 heavy (non-hydrogen) atoms. The molecule has 2 fully saturated rings. The number of methoxy groups -OCH3 is 1. The maximum atomic E-state index is 12.6. The molecule has 0 radical (unpaired) electrons. The number of carbonyl (C=O) groups excluding carboxylic acids is 1. The van der Waals surface area contributed by atoms with Crippen LogP contribution in [0.15, 0.2) is 72.8 Å². The molecular weight excluding hydrogens is 422 g/mol. The number of aromatic nitrogens is 2. The van der Waals surface area contributed by atoms with Gasteiger partial charge in [0.15, 0.2) is 0 Å². The second-order valence-corrected chi connectivity index (χ2v) is 9.56. The van der Waals surface area contributed by atoms with Crippen LogP contribution >= 0.6 is 0 Å². The Balaban J connectivity index is 1.33. The van der Waals surface area contributed by atoms with Crippen molar-refractivity contribution >= 4 is 16.9 Å². The summed E-state index contributed by atoms with van der Waals surface area (Å²) in [6.07, 6.45) is 3.18. The molecule has 0 spiro atoms. The van der Waals surface area contributed by atoms with Crippen molar-refractivity contribution < 1.29 is 9.53 Å². The highest BCUT2D eigenvalue weighted by Crippen LogP contribution is 2.35. The largest absolute Gasteiger partial charge is 0.497 e. The van der Waals surface area contributed by atoms with Gasteiger partial charge >= 0.3 is 0 Å². The van der Waals surface area contributed by atoms with Crippen molar-refractivity contribution in [2.24, 2.45) is 11.8 Å². The van der Waals surface area contributed by atoms with Crippen LogP contribution in [0.2, 0.25) is 0 Å². The first kappa shape index (κ1) is 21.0. The van der Waals surface area contributed by atoms with Crippen LogP contribution in [-0.2, 0) is 11.3 Å². The van der Waals surface area contributed by atoms with Gasteiger partial charge in [0, 0.05) is 37.2 Å². The summed E-state index contributed by atoms with van der Waals surface area (Å²) in [7, 11) is 1.69. The van der Waals surface area contributed by atoms with Crippen LogP contribution in [0.4, 0.5) is 0 Å². The maximum Gasteiger partial charge on any atom is 0.225 e. The first-order valence-electron chi connectivity index (χ1n) is 12.2. The van der Waals surface area contributed by atoms with Crippen LogP contribution in [0, 0.1) is 11.8 Å². The molecule has 2 aliphatic rings. The standard InChI is InChI=1S/C29H29N3O2/c1-34-25-13-14-27-26(17-25)30-28(23-9-7-22(8-10-23)21-5-3-2-4-6-21)32(27)19-20-15-16-31(18-20)29(33)24-11-12-24/h2-10,13-14,17,20,24H,11-12,15-16,18-19H2,1H3/t20-/m1/s1. The van der Waals surface area contributed by atoms with Gasteiger partial charge in [-0.05, 0) is 48.4 Å². The molecule has 1 amide bonds. The van der Waals surface area contributed by atoms with Gasteiger partial charge < -0.3 is 14.2 Å². The van der Waals surface area contributed by atoms with E-state index in [1.165, 1.54) is 11.1 Å². The van der Waals surface area contributed by atoms with Gasteiger partial charge in [-0.1, -0.05) is 54.6 Å². The number of hydrogen-bond acceptors (Lipinski definition) is 3. The highest BCUT2D eigenvalue weighted by molar-refractivity contribution is 5.83. The normalized spacial score (nSPS) is 17.9. The summed E-state index contributed by atoms with van der Waals surface area (Å²) in [4.78, 5) is 19.7. The fraction of sp³-hybridized carbons (Fsp3) is 0.310. The molecule has 1 saturated carbocycles. The molecule has 6 rings (SSSR count). The smallest absolute Gasteiger partial charge is 0.225 e. The molecule has 2 heterocycles. The Morgan fingerprint density at radius 1 is 0.941 bits per heavy atom. The molecule has 1 aliphatic heterocycles. The fourth-order valence-corrected chi connectivity index (χ4v) is 5.11. The zero-order valence-corrected chi connectivity index (χ0v) is 19.5. The van der Waals surface area contributed by atoms with Crippen LogP contribution in [-0.4, -0.2) is 40.6 Å². The number of rotatable bonds is 6. The van der Waals surface area contributed by atoms with Gasteiger partial charge in [-0.25, -0.2) is 4.98 Å². The second-order valence-electron chi connectivity index (χ2n) is 9.56. The SMILES string of the molecule is COc1ccc2c(c1)nc(-c1ccc(-c3ccccc3)cc1)n2C[C@@H]1CCN(C(=O)C2CC2)C1. The predicted molar refractivity (Wildman–Crippen MR) is 135 cm³/mol. The van der Waals surface area contributed by atoms with Crippen LogP contribution in [0.1, 0.15) is 19.3 Å². The lowest BCUT2D eigenvalue weighted by atomic mass is 10.0. The number of benzene rings is 3.